The van der Waals surface area contributed by atoms with E-state index in [1.807, 2.05) is 17.9 Å². The number of piperazine rings is 1. The number of carbonyl (C=O) groups excluding carboxylic acids is 1. The van der Waals surface area contributed by atoms with Crippen molar-refractivity contribution in [3.63, 3.8) is 0 Å². The predicted molar refractivity (Wildman–Crippen MR) is 93.5 cm³/mol. The molecule has 1 fully saturated rings. The quantitative estimate of drug-likeness (QED) is 0.876. The molecule has 2 aromatic rings. The Hall–Kier alpha value is -2.54. The molecule has 1 amide bonds. The van der Waals surface area contributed by atoms with Crippen LogP contribution in [0.1, 0.15) is 34.3 Å². The van der Waals surface area contributed by atoms with Crippen LogP contribution in [-0.4, -0.2) is 48.9 Å². The highest BCUT2D eigenvalue weighted by Crippen LogP contribution is 2.32. The van der Waals surface area contributed by atoms with E-state index in [1.54, 1.807) is 6.92 Å². The minimum atomic E-state index is 0.0442. The van der Waals surface area contributed by atoms with Crippen LogP contribution in [0.15, 0.2) is 22.7 Å². The number of amides is 1. The molecular weight excluding hydrogens is 334 g/mol. The predicted octanol–water partition coefficient (Wildman–Crippen LogP) is 0.815. The molecule has 0 unspecified atom stereocenters. The first-order valence-electron chi connectivity index (χ1n) is 9.12. The van der Waals surface area contributed by atoms with Crippen LogP contribution in [0.2, 0.25) is 0 Å². The third kappa shape index (κ3) is 3.14. The molecule has 0 spiro atoms. The summed E-state index contributed by atoms with van der Waals surface area (Å²) < 4.78 is 16.0. The molecule has 3 heterocycles. The van der Waals surface area contributed by atoms with Crippen molar-refractivity contribution in [2.24, 2.45) is 0 Å². The molecule has 2 aliphatic rings. The first-order chi connectivity index (χ1) is 12.7. The summed E-state index contributed by atoms with van der Waals surface area (Å²) in [5, 5.41) is 4.00. The number of hydrogen-bond acceptors (Lipinski definition) is 5. The highest BCUT2D eigenvalue weighted by molar-refractivity contribution is 5.96. The molecule has 138 valence electrons. The topological polar surface area (TPSA) is 69.2 Å². The molecule has 0 saturated carbocycles. The molecule has 26 heavy (non-hydrogen) atoms. The van der Waals surface area contributed by atoms with Crippen molar-refractivity contribution in [3.8, 4) is 11.5 Å². The van der Waals surface area contributed by atoms with E-state index in [0.717, 1.165) is 49.9 Å². The minimum absolute atomic E-state index is 0.0442. The number of quaternary nitrogens is 1. The summed E-state index contributed by atoms with van der Waals surface area (Å²) in [5.41, 5.74) is 2.63. The van der Waals surface area contributed by atoms with Gasteiger partial charge in [-0.2, -0.15) is 0 Å². The molecular formula is C19H24N3O4+. The van der Waals surface area contributed by atoms with Gasteiger partial charge in [0.05, 0.1) is 31.9 Å². The highest BCUT2D eigenvalue weighted by Gasteiger charge is 2.29. The zero-order valence-electron chi connectivity index (χ0n) is 15.2. The maximum atomic E-state index is 12.8. The van der Waals surface area contributed by atoms with Crippen LogP contribution in [-0.2, 0) is 13.0 Å². The number of ether oxygens (including phenoxy) is 2. The van der Waals surface area contributed by atoms with E-state index < -0.39 is 0 Å². The number of aryl methyl sites for hydroxylation is 2. The summed E-state index contributed by atoms with van der Waals surface area (Å²) in [6, 6.07) is 6.12. The van der Waals surface area contributed by atoms with Gasteiger partial charge in [-0.25, -0.2) is 0 Å². The Morgan fingerprint density at radius 2 is 2.00 bits per heavy atom. The van der Waals surface area contributed by atoms with Gasteiger partial charge in [0.15, 0.2) is 11.5 Å². The van der Waals surface area contributed by atoms with Crippen molar-refractivity contribution >= 4 is 5.91 Å². The maximum absolute atomic E-state index is 12.8. The van der Waals surface area contributed by atoms with Gasteiger partial charge in [-0.15, -0.1) is 0 Å². The van der Waals surface area contributed by atoms with E-state index in [2.05, 4.69) is 17.3 Å². The van der Waals surface area contributed by atoms with E-state index in [9.17, 15) is 4.79 Å². The van der Waals surface area contributed by atoms with Crippen LogP contribution < -0.4 is 14.4 Å². The van der Waals surface area contributed by atoms with Gasteiger partial charge in [-0.05, 0) is 31.5 Å². The Labute approximate surface area is 152 Å². The van der Waals surface area contributed by atoms with E-state index in [4.69, 9.17) is 14.0 Å². The fourth-order valence-electron chi connectivity index (χ4n) is 3.63. The SMILES string of the molecule is CCc1noc(C)c1C(=O)N1CC[NH+](Cc2ccc3c(c2)OCO3)CC1. The number of carbonyl (C=O) groups is 1. The Kier molecular flexibility index (Phi) is 4.55. The van der Waals surface area contributed by atoms with Gasteiger partial charge < -0.3 is 23.8 Å². The van der Waals surface area contributed by atoms with Crippen molar-refractivity contribution in [3.05, 3.63) is 40.8 Å². The van der Waals surface area contributed by atoms with Gasteiger partial charge >= 0.3 is 0 Å². The first kappa shape index (κ1) is 16.9. The molecule has 0 aliphatic carbocycles. The third-order valence-electron chi connectivity index (χ3n) is 5.13. The lowest BCUT2D eigenvalue weighted by Crippen LogP contribution is -3.13. The number of fused-ring (bicyclic) bond motifs is 1. The summed E-state index contributed by atoms with van der Waals surface area (Å²) in [5.74, 6) is 2.30. The summed E-state index contributed by atoms with van der Waals surface area (Å²) in [6.07, 6.45) is 0.702. The average Bonchev–Trinajstić information content (AvgIpc) is 3.27. The molecule has 0 atom stereocenters. The van der Waals surface area contributed by atoms with E-state index >= 15 is 0 Å². The van der Waals surface area contributed by atoms with Gasteiger partial charge in [-0.1, -0.05) is 12.1 Å². The lowest BCUT2D eigenvalue weighted by molar-refractivity contribution is -0.917. The summed E-state index contributed by atoms with van der Waals surface area (Å²) in [7, 11) is 0. The normalized spacial score (nSPS) is 16.9. The maximum Gasteiger partial charge on any atom is 0.259 e. The number of rotatable bonds is 4. The molecule has 7 heteroatoms. The van der Waals surface area contributed by atoms with Crippen LogP contribution in [0.25, 0.3) is 0 Å². The monoisotopic (exact) mass is 358 g/mol. The molecule has 1 aromatic heterocycles. The van der Waals surface area contributed by atoms with Gasteiger partial charge in [-0.3, -0.25) is 4.79 Å². The fraction of sp³-hybridized carbons (Fsp3) is 0.474. The second kappa shape index (κ2) is 6.99. The zero-order chi connectivity index (χ0) is 18.1. The summed E-state index contributed by atoms with van der Waals surface area (Å²) >= 11 is 0. The highest BCUT2D eigenvalue weighted by atomic mass is 16.7. The molecule has 1 N–H and O–H groups in total. The van der Waals surface area contributed by atoms with Gasteiger partial charge in [0, 0.05) is 5.56 Å². The van der Waals surface area contributed by atoms with E-state index in [0.29, 0.717) is 24.5 Å². The lowest BCUT2D eigenvalue weighted by atomic mass is 10.1. The smallest absolute Gasteiger partial charge is 0.259 e. The van der Waals surface area contributed by atoms with Gasteiger partial charge in [0.2, 0.25) is 6.79 Å². The van der Waals surface area contributed by atoms with Crippen molar-refractivity contribution in [1.29, 1.82) is 0 Å². The first-order valence-corrected chi connectivity index (χ1v) is 9.12. The zero-order valence-corrected chi connectivity index (χ0v) is 15.2. The molecule has 2 aliphatic heterocycles. The van der Waals surface area contributed by atoms with Gasteiger partial charge in [0.25, 0.3) is 5.91 Å². The second-order valence-corrected chi connectivity index (χ2v) is 6.82. The Morgan fingerprint density at radius 1 is 1.23 bits per heavy atom. The molecule has 1 aromatic carbocycles. The van der Waals surface area contributed by atoms with Gasteiger partial charge in [0.1, 0.15) is 17.9 Å². The fourth-order valence-corrected chi connectivity index (χ4v) is 3.63. The lowest BCUT2D eigenvalue weighted by Gasteiger charge is -2.32. The number of benzene rings is 1. The molecule has 1 saturated heterocycles. The third-order valence-corrected chi connectivity index (χ3v) is 5.13. The Morgan fingerprint density at radius 3 is 2.77 bits per heavy atom. The standard InChI is InChI=1S/C19H23N3O4/c1-3-15-18(13(2)26-20-15)19(23)22-8-6-21(7-9-22)11-14-4-5-16-17(10-14)25-12-24-16/h4-5,10H,3,6-9,11-12H2,1-2H3/p+1. The second-order valence-electron chi connectivity index (χ2n) is 6.82. The van der Waals surface area contributed by atoms with E-state index in [-0.39, 0.29) is 5.91 Å². The Bertz CT molecular complexity index is 809. The average molecular weight is 358 g/mol. The van der Waals surface area contributed by atoms with Crippen molar-refractivity contribution in [2.45, 2.75) is 26.8 Å². The minimum Gasteiger partial charge on any atom is -0.454 e. The molecule has 4 rings (SSSR count). The molecule has 0 radical (unpaired) electrons. The number of nitrogens with zero attached hydrogens (tertiary/aromatic N) is 2. The summed E-state index contributed by atoms with van der Waals surface area (Å²) in [4.78, 5) is 16.2. The van der Waals surface area contributed by atoms with Crippen LogP contribution in [0, 0.1) is 6.92 Å². The number of nitrogens with one attached hydrogen (secondary N) is 1. The van der Waals surface area contributed by atoms with Crippen LogP contribution in [0.4, 0.5) is 0 Å². The van der Waals surface area contributed by atoms with Crippen molar-refractivity contribution in [2.75, 3.05) is 33.0 Å². The Balaban J connectivity index is 1.37. The molecule has 0 bridgehead atoms. The van der Waals surface area contributed by atoms with Crippen molar-refractivity contribution in [1.82, 2.24) is 10.1 Å². The summed E-state index contributed by atoms with van der Waals surface area (Å²) in [6.45, 7) is 8.35. The largest absolute Gasteiger partial charge is 0.454 e. The van der Waals surface area contributed by atoms with E-state index in [1.165, 1.54) is 10.5 Å². The molecule has 7 nitrogen and oxygen atoms in total. The van der Waals surface area contributed by atoms with Crippen LogP contribution in [0.3, 0.4) is 0 Å². The number of hydrogen-bond donors (Lipinski definition) is 1. The number of aromatic nitrogens is 1. The van der Waals surface area contributed by atoms with Crippen LogP contribution >= 0.6 is 0 Å². The van der Waals surface area contributed by atoms with Crippen LogP contribution in [0.5, 0.6) is 11.5 Å². The van der Waals surface area contributed by atoms with Crippen molar-refractivity contribution < 1.29 is 23.7 Å².